The number of guanidine groups is 1. The van der Waals surface area contributed by atoms with Crippen molar-refractivity contribution in [1.82, 2.24) is 25.2 Å². The molecule has 172 valence electrons. The quantitative estimate of drug-likeness (QED) is 0.237. The van der Waals surface area contributed by atoms with Gasteiger partial charge in [-0.1, -0.05) is 0 Å². The predicted molar refractivity (Wildman–Crippen MR) is 128 cm³/mol. The van der Waals surface area contributed by atoms with Crippen LogP contribution in [-0.2, 0) is 13.1 Å². The third kappa shape index (κ3) is 7.32. The number of alkyl halides is 2. The summed E-state index contributed by atoms with van der Waals surface area (Å²) in [6.45, 7) is 0.295. The van der Waals surface area contributed by atoms with E-state index in [4.69, 9.17) is 4.74 Å². The molecule has 3 aromatic rings. The lowest BCUT2D eigenvalue weighted by atomic mass is 10.2. The first-order chi connectivity index (χ1) is 15.1. The van der Waals surface area contributed by atoms with Gasteiger partial charge >= 0.3 is 6.61 Å². The molecule has 0 aliphatic rings. The van der Waals surface area contributed by atoms with E-state index in [1.807, 2.05) is 29.8 Å². The number of imidazole rings is 1. The molecule has 2 aromatic heterocycles. The van der Waals surface area contributed by atoms with Crippen molar-refractivity contribution in [3.8, 4) is 17.3 Å². The zero-order valence-electron chi connectivity index (χ0n) is 17.7. The van der Waals surface area contributed by atoms with Crippen molar-refractivity contribution in [2.24, 2.45) is 4.99 Å². The second-order valence-electron chi connectivity index (χ2n) is 6.39. The summed E-state index contributed by atoms with van der Waals surface area (Å²) >= 11 is 0. The molecule has 2 heterocycles. The van der Waals surface area contributed by atoms with Gasteiger partial charge in [-0.05, 0) is 42.8 Å². The molecule has 0 radical (unpaired) electrons. The van der Waals surface area contributed by atoms with Gasteiger partial charge < -0.3 is 20.1 Å². The Morgan fingerprint density at radius 1 is 1.19 bits per heavy atom. The van der Waals surface area contributed by atoms with Crippen LogP contribution in [-0.4, -0.2) is 40.8 Å². The minimum absolute atomic E-state index is 0. The van der Waals surface area contributed by atoms with Crippen molar-refractivity contribution in [2.75, 3.05) is 13.7 Å². The second-order valence-corrected chi connectivity index (χ2v) is 6.39. The Kier molecular flexibility index (Phi) is 10.1. The number of methoxy groups -OCH3 is 1. The average molecular weight is 558 g/mol. The summed E-state index contributed by atoms with van der Waals surface area (Å²) < 4.78 is 37.1. The molecule has 32 heavy (non-hydrogen) atoms. The lowest BCUT2D eigenvalue weighted by Crippen LogP contribution is -2.36. The fraction of sp³-hybridized carbons (Fsp3) is 0.286. The highest BCUT2D eigenvalue weighted by molar-refractivity contribution is 14.0. The van der Waals surface area contributed by atoms with Crippen LogP contribution in [0.15, 0.2) is 60.2 Å². The number of rotatable bonds is 9. The predicted octanol–water partition coefficient (Wildman–Crippen LogP) is 3.75. The summed E-state index contributed by atoms with van der Waals surface area (Å²) in [7, 11) is 1.51. The first-order valence-corrected chi connectivity index (χ1v) is 9.66. The van der Waals surface area contributed by atoms with Gasteiger partial charge in [0.25, 0.3) is 0 Å². The maximum absolute atomic E-state index is 12.7. The van der Waals surface area contributed by atoms with Gasteiger partial charge in [-0.25, -0.2) is 15.0 Å². The molecule has 0 atom stereocenters. The molecule has 0 fully saturated rings. The molecule has 0 spiro atoms. The van der Waals surface area contributed by atoms with E-state index in [0.717, 1.165) is 11.4 Å². The summed E-state index contributed by atoms with van der Waals surface area (Å²) in [5.41, 5.74) is 1.48. The molecule has 0 saturated heterocycles. The van der Waals surface area contributed by atoms with E-state index in [2.05, 4.69) is 30.3 Å². The maximum Gasteiger partial charge on any atom is 0.387 e. The van der Waals surface area contributed by atoms with E-state index in [9.17, 15) is 8.78 Å². The van der Waals surface area contributed by atoms with E-state index in [1.54, 1.807) is 30.9 Å². The van der Waals surface area contributed by atoms with Gasteiger partial charge in [-0.2, -0.15) is 8.78 Å². The van der Waals surface area contributed by atoms with Gasteiger partial charge in [-0.3, -0.25) is 4.57 Å². The van der Waals surface area contributed by atoms with Crippen molar-refractivity contribution in [2.45, 2.75) is 26.6 Å². The number of nitrogens with one attached hydrogen (secondary N) is 2. The fourth-order valence-electron chi connectivity index (χ4n) is 2.82. The molecule has 2 N–H and O–H groups in total. The molecular formula is C21H25F2IN6O2. The van der Waals surface area contributed by atoms with E-state index in [-0.39, 0.29) is 36.3 Å². The molecule has 0 bridgehead atoms. The first kappa shape index (κ1) is 25.3. The highest BCUT2D eigenvalue weighted by atomic mass is 127. The van der Waals surface area contributed by atoms with Gasteiger partial charge in [0, 0.05) is 37.2 Å². The largest absolute Gasteiger partial charge is 0.497 e. The normalized spacial score (nSPS) is 11.1. The summed E-state index contributed by atoms with van der Waals surface area (Å²) in [6.07, 6.45) is 6.89. The topological polar surface area (TPSA) is 85.6 Å². The molecule has 0 amide bonds. The van der Waals surface area contributed by atoms with E-state index >= 15 is 0 Å². The van der Waals surface area contributed by atoms with Crippen molar-refractivity contribution >= 4 is 29.9 Å². The van der Waals surface area contributed by atoms with Crippen LogP contribution >= 0.6 is 24.0 Å². The lowest BCUT2D eigenvalue weighted by Gasteiger charge is -2.15. The zero-order valence-corrected chi connectivity index (χ0v) is 20.0. The third-order valence-corrected chi connectivity index (χ3v) is 4.27. The summed E-state index contributed by atoms with van der Waals surface area (Å²) in [5, 5.41) is 6.28. The van der Waals surface area contributed by atoms with Gasteiger partial charge in [0.1, 0.15) is 23.6 Å². The smallest absolute Gasteiger partial charge is 0.387 e. The standard InChI is InChI=1S/C21H24F2N6O2.HI/c1-3-25-21(27-12-15-6-7-26-19(10-15)29-9-8-24-14-29)28-13-16-11-17(30-2)4-5-18(16)31-20(22)23;/h4-11,14,20H,3,12-13H2,1-2H3,(H2,25,27,28);1H. The Morgan fingerprint density at radius 2 is 2.03 bits per heavy atom. The number of aliphatic imine (C=N–C) groups is 1. The second kappa shape index (κ2) is 12.8. The number of ether oxygens (including phenoxy) is 2. The molecule has 11 heteroatoms. The van der Waals surface area contributed by atoms with E-state index < -0.39 is 6.61 Å². The van der Waals surface area contributed by atoms with E-state index in [0.29, 0.717) is 30.4 Å². The zero-order chi connectivity index (χ0) is 22.1. The van der Waals surface area contributed by atoms with E-state index in [1.165, 1.54) is 13.2 Å². The molecule has 0 aliphatic heterocycles. The van der Waals surface area contributed by atoms with Gasteiger partial charge in [0.05, 0.1) is 13.7 Å². The Labute approximate surface area is 202 Å². The summed E-state index contributed by atoms with van der Waals surface area (Å²) in [5.74, 6) is 1.91. The Hall–Kier alpha value is -2.96. The Balaban J connectivity index is 0.00000363. The number of pyridine rings is 1. The molecular weight excluding hydrogens is 533 g/mol. The number of halogens is 3. The average Bonchev–Trinajstić information content (AvgIpc) is 3.31. The molecule has 3 rings (SSSR count). The van der Waals surface area contributed by atoms with Gasteiger partial charge in [-0.15, -0.1) is 24.0 Å². The van der Waals surface area contributed by atoms with Gasteiger partial charge in [0.15, 0.2) is 5.96 Å². The Morgan fingerprint density at radius 3 is 2.72 bits per heavy atom. The van der Waals surface area contributed by atoms with Crippen LogP contribution in [0, 0.1) is 0 Å². The maximum atomic E-state index is 12.7. The summed E-state index contributed by atoms with van der Waals surface area (Å²) in [6, 6.07) is 8.48. The number of aromatic nitrogens is 3. The van der Waals surface area contributed by atoms with Crippen LogP contribution in [0.1, 0.15) is 18.1 Å². The monoisotopic (exact) mass is 558 g/mol. The molecule has 1 aromatic carbocycles. The number of benzene rings is 1. The molecule has 0 unspecified atom stereocenters. The molecule has 0 aliphatic carbocycles. The van der Waals surface area contributed by atoms with Crippen LogP contribution in [0.2, 0.25) is 0 Å². The van der Waals surface area contributed by atoms with Crippen molar-refractivity contribution < 1.29 is 18.3 Å². The minimum Gasteiger partial charge on any atom is -0.497 e. The van der Waals surface area contributed by atoms with Crippen LogP contribution in [0.5, 0.6) is 11.5 Å². The Bertz CT molecular complexity index is 1000. The number of nitrogens with zero attached hydrogens (tertiary/aromatic N) is 4. The third-order valence-electron chi connectivity index (χ3n) is 4.27. The first-order valence-electron chi connectivity index (χ1n) is 9.66. The molecule has 0 saturated carbocycles. The fourth-order valence-corrected chi connectivity index (χ4v) is 2.82. The SMILES string of the molecule is CCNC(=NCc1ccnc(-n2ccnc2)c1)NCc1cc(OC)ccc1OC(F)F.I. The minimum atomic E-state index is -2.91. The highest BCUT2D eigenvalue weighted by Gasteiger charge is 2.12. The van der Waals surface area contributed by atoms with Gasteiger partial charge in [0.2, 0.25) is 0 Å². The highest BCUT2D eigenvalue weighted by Crippen LogP contribution is 2.25. The molecule has 8 nitrogen and oxygen atoms in total. The number of hydrogen-bond donors (Lipinski definition) is 2. The number of hydrogen-bond acceptors (Lipinski definition) is 5. The van der Waals surface area contributed by atoms with Crippen molar-refractivity contribution in [1.29, 1.82) is 0 Å². The van der Waals surface area contributed by atoms with Crippen LogP contribution in [0.3, 0.4) is 0 Å². The van der Waals surface area contributed by atoms with Crippen molar-refractivity contribution in [3.63, 3.8) is 0 Å². The summed E-state index contributed by atoms with van der Waals surface area (Å²) in [4.78, 5) is 12.9. The lowest BCUT2D eigenvalue weighted by molar-refractivity contribution is -0.0504. The van der Waals surface area contributed by atoms with Crippen LogP contribution in [0.25, 0.3) is 5.82 Å². The van der Waals surface area contributed by atoms with Crippen molar-refractivity contribution in [3.05, 3.63) is 66.4 Å². The van der Waals surface area contributed by atoms with Crippen LogP contribution < -0.4 is 20.1 Å². The van der Waals surface area contributed by atoms with Crippen LogP contribution in [0.4, 0.5) is 8.78 Å².